The van der Waals surface area contributed by atoms with Crippen molar-refractivity contribution >= 4 is 40.7 Å². The van der Waals surface area contributed by atoms with Crippen molar-refractivity contribution < 1.29 is 19.4 Å². The van der Waals surface area contributed by atoms with Crippen LogP contribution in [0, 0.1) is 5.41 Å². The number of carboxylic acid groups (broad SMARTS) is 1. The highest BCUT2D eigenvalue weighted by atomic mass is 35.5. The second-order valence-electron chi connectivity index (χ2n) is 7.19. The highest BCUT2D eigenvalue weighted by molar-refractivity contribution is 6.31. The number of amides is 1. The standard InChI is InChI=1S/C24H23ClN4O4/c1-14(24(31)32)33-21-5-3-2-4-16(21)13-28-20-11-8-17(25)12-19(20)23(30)29-18-9-6-15(7-10-18)22(26)27/h2-12,14,28H,13H2,1H3,(H3,26,27)(H,29,30)(H,31,32). The fourth-order valence-corrected chi connectivity index (χ4v) is 3.16. The van der Waals surface area contributed by atoms with Gasteiger partial charge in [0.1, 0.15) is 11.6 Å². The molecule has 9 heteroatoms. The van der Waals surface area contributed by atoms with Crippen LogP contribution in [0.15, 0.2) is 66.7 Å². The van der Waals surface area contributed by atoms with Crippen LogP contribution in [0.4, 0.5) is 11.4 Å². The molecule has 0 heterocycles. The van der Waals surface area contributed by atoms with E-state index in [0.717, 1.165) is 5.56 Å². The number of hydrogen-bond donors (Lipinski definition) is 5. The minimum Gasteiger partial charge on any atom is -0.479 e. The van der Waals surface area contributed by atoms with Gasteiger partial charge >= 0.3 is 5.97 Å². The van der Waals surface area contributed by atoms with Gasteiger partial charge in [-0.15, -0.1) is 0 Å². The molecule has 1 atom stereocenters. The Morgan fingerprint density at radius 1 is 1.12 bits per heavy atom. The molecule has 0 aliphatic carbocycles. The Hall–Kier alpha value is -4.04. The van der Waals surface area contributed by atoms with Crippen molar-refractivity contribution in [3.8, 4) is 5.75 Å². The fraction of sp³-hybridized carbons (Fsp3) is 0.125. The highest BCUT2D eigenvalue weighted by Gasteiger charge is 2.16. The van der Waals surface area contributed by atoms with Crippen LogP contribution in [0.25, 0.3) is 0 Å². The molecule has 6 N–H and O–H groups in total. The molecular formula is C24H23ClN4O4. The molecular weight excluding hydrogens is 444 g/mol. The quantitative estimate of drug-likeness (QED) is 0.235. The molecule has 3 aromatic carbocycles. The zero-order valence-electron chi connectivity index (χ0n) is 17.8. The maximum absolute atomic E-state index is 12.9. The van der Waals surface area contributed by atoms with Gasteiger partial charge < -0.3 is 26.2 Å². The topological polar surface area (TPSA) is 138 Å². The van der Waals surface area contributed by atoms with E-state index in [0.29, 0.717) is 33.3 Å². The van der Waals surface area contributed by atoms with Crippen LogP contribution in [0.1, 0.15) is 28.4 Å². The third kappa shape index (κ3) is 6.24. The van der Waals surface area contributed by atoms with E-state index in [-0.39, 0.29) is 18.3 Å². The average molecular weight is 467 g/mol. The van der Waals surface area contributed by atoms with Crippen molar-refractivity contribution in [2.75, 3.05) is 10.6 Å². The molecule has 8 nitrogen and oxygen atoms in total. The average Bonchev–Trinajstić information content (AvgIpc) is 2.79. The molecule has 0 aliphatic rings. The fourth-order valence-electron chi connectivity index (χ4n) is 2.99. The first kappa shape index (κ1) is 23.6. The summed E-state index contributed by atoms with van der Waals surface area (Å²) in [5.74, 6) is -1.06. The summed E-state index contributed by atoms with van der Waals surface area (Å²) in [4.78, 5) is 24.1. The van der Waals surface area contributed by atoms with Crippen LogP contribution in [0.5, 0.6) is 5.75 Å². The van der Waals surface area contributed by atoms with Gasteiger partial charge in [0.05, 0.1) is 5.56 Å². The number of anilines is 2. The number of nitrogen functional groups attached to an aromatic ring is 1. The molecule has 3 rings (SSSR count). The normalized spacial score (nSPS) is 11.3. The van der Waals surface area contributed by atoms with Crippen molar-refractivity contribution in [3.63, 3.8) is 0 Å². The van der Waals surface area contributed by atoms with Gasteiger partial charge in [0, 0.05) is 34.1 Å². The van der Waals surface area contributed by atoms with Gasteiger partial charge in [-0.2, -0.15) is 0 Å². The molecule has 0 radical (unpaired) electrons. The summed E-state index contributed by atoms with van der Waals surface area (Å²) in [7, 11) is 0. The minimum absolute atomic E-state index is 0.0591. The highest BCUT2D eigenvalue weighted by Crippen LogP contribution is 2.25. The summed E-state index contributed by atoms with van der Waals surface area (Å²) in [5, 5.41) is 23.0. The number of nitrogens with one attached hydrogen (secondary N) is 3. The number of aliphatic carboxylic acids is 1. The SMILES string of the molecule is CC(Oc1ccccc1CNc1ccc(Cl)cc1C(=O)Nc1ccc(C(=N)N)cc1)C(=O)O. The molecule has 0 saturated heterocycles. The Bertz CT molecular complexity index is 1180. The lowest BCUT2D eigenvalue weighted by Crippen LogP contribution is -2.23. The molecule has 3 aromatic rings. The van der Waals surface area contributed by atoms with Crippen LogP contribution in [0.3, 0.4) is 0 Å². The van der Waals surface area contributed by atoms with Crippen LogP contribution in [-0.2, 0) is 11.3 Å². The largest absolute Gasteiger partial charge is 0.479 e. The van der Waals surface area contributed by atoms with Crippen LogP contribution >= 0.6 is 11.6 Å². The van der Waals surface area contributed by atoms with E-state index in [2.05, 4.69) is 10.6 Å². The number of nitrogens with two attached hydrogens (primary N) is 1. The predicted molar refractivity (Wildman–Crippen MR) is 128 cm³/mol. The van der Waals surface area contributed by atoms with Gasteiger partial charge in [-0.3, -0.25) is 10.2 Å². The monoisotopic (exact) mass is 466 g/mol. The summed E-state index contributed by atoms with van der Waals surface area (Å²) in [6, 6.07) is 18.6. The third-order valence-electron chi connectivity index (χ3n) is 4.77. The Kier molecular flexibility index (Phi) is 7.53. The molecule has 0 bridgehead atoms. The Morgan fingerprint density at radius 2 is 1.82 bits per heavy atom. The Balaban J connectivity index is 1.77. The molecule has 1 unspecified atom stereocenters. The van der Waals surface area contributed by atoms with Crippen molar-refractivity contribution in [1.29, 1.82) is 5.41 Å². The molecule has 0 spiro atoms. The van der Waals surface area contributed by atoms with E-state index >= 15 is 0 Å². The van der Waals surface area contributed by atoms with Gasteiger partial charge in [0.2, 0.25) is 0 Å². The van der Waals surface area contributed by atoms with Crippen molar-refractivity contribution in [1.82, 2.24) is 0 Å². The number of rotatable bonds is 9. The lowest BCUT2D eigenvalue weighted by Gasteiger charge is -2.17. The van der Waals surface area contributed by atoms with Gasteiger partial charge in [-0.25, -0.2) is 4.79 Å². The number of halogens is 1. The van der Waals surface area contributed by atoms with Gasteiger partial charge in [-0.1, -0.05) is 29.8 Å². The number of para-hydroxylation sites is 1. The number of amidine groups is 1. The van der Waals surface area contributed by atoms with E-state index in [1.165, 1.54) is 6.92 Å². The molecule has 0 aromatic heterocycles. The number of benzene rings is 3. The first-order valence-corrected chi connectivity index (χ1v) is 10.4. The first-order chi connectivity index (χ1) is 15.7. The molecule has 170 valence electrons. The van der Waals surface area contributed by atoms with Crippen LogP contribution in [-0.4, -0.2) is 28.9 Å². The van der Waals surface area contributed by atoms with Gasteiger partial charge in [0.15, 0.2) is 6.10 Å². The molecule has 0 saturated carbocycles. The number of carbonyl (C=O) groups excluding carboxylic acids is 1. The Labute approximate surface area is 195 Å². The van der Waals surface area contributed by atoms with E-state index in [1.54, 1.807) is 54.6 Å². The zero-order valence-corrected chi connectivity index (χ0v) is 18.5. The second kappa shape index (κ2) is 10.5. The smallest absolute Gasteiger partial charge is 0.344 e. The van der Waals surface area contributed by atoms with Gasteiger partial charge in [-0.05, 0) is 55.5 Å². The number of hydrogen-bond acceptors (Lipinski definition) is 5. The predicted octanol–water partition coefficient (Wildman–Crippen LogP) is 4.34. The molecule has 1 amide bonds. The maximum atomic E-state index is 12.9. The first-order valence-electron chi connectivity index (χ1n) is 10.0. The summed E-state index contributed by atoms with van der Waals surface area (Å²) in [6.07, 6.45) is -1.00. The van der Waals surface area contributed by atoms with Crippen LogP contribution in [0.2, 0.25) is 5.02 Å². The van der Waals surface area contributed by atoms with E-state index in [1.807, 2.05) is 12.1 Å². The molecule has 33 heavy (non-hydrogen) atoms. The molecule has 0 fully saturated rings. The zero-order chi connectivity index (χ0) is 24.0. The third-order valence-corrected chi connectivity index (χ3v) is 5.01. The second-order valence-corrected chi connectivity index (χ2v) is 7.63. The van der Waals surface area contributed by atoms with Crippen molar-refractivity contribution in [2.24, 2.45) is 5.73 Å². The summed E-state index contributed by atoms with van der Waals surface area (Å²) < 4.78 is 5.53. The lowest BCUT2D eigenvalue weighted by atomic mass is 10.1. The summed E-state index contributed by atoms with van der Waals surface area (Å²) in [5.41, 5.74) is 8.15. The Morgan fingerprint density at radius 3 is 2.48 bits per heavy atom. The van der Waals surface area contributed by atoms with E-state index < -0.39 is 12.1 Å². The maximum Gasteiger partial charge on any atom is 0.344 e. The van der Waals surface area contributed by atoms with Crippen LogP contribution < -0.4 is 21.1 Å². The van der Waals surface area contributed by atoms with E-state index in [4.69, 9.17) is 32.6 Å². The number of carbonyl (C=O) groups is 2. The number of carboxylic acids is 1. The summed E-state index contributed by atoms with van der Waals surface area (Å²) in [6.45, 7) is 1.74. The minimum atomic E-state index is -1.06. The van der Waals surface area contributed by atoms with Crippen molar-refractivity contribution in [2.45, 2.75) is 19.6 Å². The summed E-state index contributed by atoms with van der Waals surface area (Å²) >= 11 is 6.13. The van der Waals surface area contributed by atoms with E-state index in [9.17, 15) is 9.59 Å². The molecule has 0 aliphatic heterocycles. The van der Waals surface area contributed by atoms with Crippen molar-refractivity contribution in [3.05, 3.63) is 88.4 Å². The lowest BCUT2D eigenvalue weighted by molar-refractivity contribution is -0.144. The van der Waals surface area contributed by atoms with Gasteiger partial charge in [0.25, 0.3) is 5.91 Å². The number of ether oxygens (including phenoxy) is 1.